The molecule has 0 N–H and O–H groups in total. The Labute approximate surface area is 57.7 Å². The lowest BCUT2D eigenvalue weighted by molar-refractivity contribution is 0.111. The molecule has 2 nitrogen and oxygen atoms in total. The van der Waals surface area contributed by atoms with E-state index in [9.17, 15) is 9.18 Å². The van der Waals surface area contributed by atoms with Crippen LogP contribution in [-0.4, -0.2) is 11.3 Å². The summed E-state index contributed by atoms with van der Waals surface area (Å²) in [7, 11) is 0. The van der Waals surface area contributed by atoms with Crippen molar-refractivity contribution in [2.75, 3.05) is 0 Å². The molecule has 0 atom stereocenters. The van der Waals surface area contributed by atoms with Crippen molar-refractivity contribution in [3.63, 3.8) is 0 Å². The summed E-state index contributed by atoms with van der Waals surface area (Å²) in [6.07, 6.45) is 3.03. The minimum absolute atomic E-state index is 0.0139. The van der Waals surface area contributed by atoms with Crippen LogP contribution < -0.4 is 0 Å². The summed E-state index contributed by atoms with van der Waals surface area (Å²) < 4.78 is 12.7. The van der Waals surface area contributed by atoms with Crippen molar-refractivity contribution in [3.05, 3.63) is 29.3 Å². The highest BCUT2D eigenvalue weighted by Gasteiger charge is 2.02. The van der Waals surface area contributed by atoms with Gasteiger partial charge in [0, 0.05) is 18.0 Å². The quantitative estimate of drug-likeness (QED) is 0.549. The fraction of sp³-hybridized carbons (Fsp3) is 0.143. The van der Waals surface area contributed by atoms with Crippen molar-refractivity contribution >= 4 is 6.29 Å². The van der Waals surface area contributed by atoms with Crippen LogP contribution in [0.2, 0.25) is 0 Å². The minimum atomic E-state index is -0.481. The first-order valence-corrected chi connectivity index (χ1v) is 2.81. The van der Waals surface area contributed by atoms with E-state index in [4.69, 9.17) is 0 Å². The normalized spacial score (nSPS) is 9.40. The second kappa shape index (κ2) is 2.56. The molecule has 1 aromatic heterocycles. The second-order valence-electron chi connectivity index (χ2n) is 1.98. The Morgan fingerprint density at radius 1 is 1.60 bits per heavy atom. The molecule has 0 aliphatic carbocycles. The van der Waals surface area contributed by atoms with Crippen LogP contribution in [0.4, 0.5) is 4.39 Å². The molecule has 3 heteroatoms. The third kappa shape index (κ3) is 1.03. The third-order valence-electron chi connectivity index (χ3n) is 1.21. The first kappa shape index (κ1) is 6.86. The zero-order chi connectivity index (χ0) is 7.56. The number of carbonyl (C=O) groups excluding carboxylic acids is 1. The largest absolute Gasteiger partial charge is 0.298 e. The summed E-state index contributed by atoms with van der Waals surface area (Å²) in [5, 5.41) is 0. The molecule has 0 amide bonds. The molecule has 0 spiro atoms. The molecule has 0 unspecified atom stereocenters. The Kier molecular flexibility index (Phi) is 1.76. The number of nitrogens with zero attached hydrogens (tertiary/aromatic N) is 1. The molecular weight excluding hydrogens is 133 g/mol. The van der Waals surface area contributed by atoms with Gasteiger partial charge in [-0.1, -0.05) is 0 Å². The van der Waals surface area contributed by atoms with Gasteiger partial charge in [0.15, 0.2) is 6.29 Å². The maximum atomic E-state index is 12.7. The highest BCUT2D eigenvalue weighted by Crippen LogP contribution is 2.06. The zero-order valence-corrected chi connectivity index (χ0v) is 5.47. The van der Waals surface area contributed by atoms with Gasteiger partial charge < -0.3 is 0 Å². The molecule has 0 aromatic carbocycles. The van der Waals surface area contributed by atoms with Crippen LogP contribution in [0.1, 0.15) is 15.9 Å². The van der Waals surface area contributed by atoms with Crippen molar-refractivity contribution in [1.82, 2.24) is 4.98 Å². The molecule has 0 saturated heterocycles. The fourth-order valence-corrected chi connectivity index (χ4v) is 0.653. The van der Waals surface area contributed by atoms with Gasteiger partial charge in [-0.05, 0) is 6.92 Å². The third-order valence-corrected chi connectivity index (χ3v) is 1.21. The molecule has 0 saturated carbocycles. The Morgan fingerprint density at radius 2 is 2.30 bits per heavy atom. The number of rotatable bonds is 1. The molecule has 0 bridgehead atoms. The average molecular weight is 139 g/mol. The highest BCUT2D eigenvalue weighted by molar-refractivity contribution is 5.74. The van der Waals surface area contributed by atoms with Crippen LogP contribution >= 0.6 is 0 Å². The molecule has 1 aromatic rings. The van der Waals surface area contributed by atoms with Crippen molar-refractivity contribution in [2.24, 2.45) is 0 Å². The summed E-state index contributed by atoms with van der Waals surface area (Å²) in [5.74, 6) is -0.481. The number of pyridine rings is 1. The number of carbonyl (C=O) groups is 1. The van der Waals surface area contributed by atoms with Crippen molar-refractivity contribution in [2.45, 2.75) is 6.92 Å². The molecule has 0 aliphatic heterocycles. The van der Waals surface area contributed by atoms with E-state index in [1.54, 1.807) is 6.92 Å². The average Bonchev–Trinajstić information content (AvgIpc) is 1.95. The van der Waals surface area contributed by atoms with Crippen LogP contribution in [0, 0.1) is 12.7 Å². The predicted molar refractivity (Wildman–Crippen MR) is 34.3 cm³/mol. The second-order valence-corrected chi connectivity index (χ2v) is 1.98. The molecular formula is C7H6FNO. The number of halogens is 1. The minimum Gasteiger partial charge on any atom is -0.298 e. The van der Waals surface area contributed by atoms with Crippen LogP contribution in [-0.2, 0) is 0 Å². The highest BCUT2D eigenvalue weighted by atomic mass is 19.1. The number of hydrogen-bond acceptors (Lipinski definition) is 2. The lowest BCUT2D eigenvalue weighted by atomic mass is 10.2. The molecule has 1 heterocycles. The first-order chi connectivity index (χ1) is 4.75. The molecule has 0 aliphatic rings. The lowest BCUT2D eigenvalue weighted by Gasteiger charge is -1.95. The van der Waals surface area contributed by atoms with E-state index < -0.39 is 5.82 Å². The van der Waals surface area contributed by atoms with Gasteiger partial charge >= 0.3 is 0 Å². The number of aryl methyl sites for hydroxylation is 1. The van der Waals surface area contributed by atoms with E-state index in [0.717, 1.165) is 0 Å². The molecule has 0 radical (unpaired) electrons. The Balaban J connectivity index is 3.27. The Morgan fingerprint density at radius 3 is 2.80 bits per heavy atom. The SMILES string of the molecule is Cc1cncc(C=O)c1F. The molecule has 10 heavy (non-hydrogen) atoms. The summed E-state index contributed by atoms with van der Waals surface area (Å²) in [6.45, 7) is 1.56. The van der Waals surface area contributed by atoms with E-state index in [1.807, 2.05) is 0 Å². The summed E-state index contributed by atoms with van der Waals surface area (Å²) in [4.78, 5) is 13.7. The van der Waals surface area contributed by atoms with Crippen LogP contribution in [0.3, 0.4) is 0 Å². The van der Waals surface area contributed by atoms with Crippen LogP contribution in [0.15, 0.2) is 12.4 Å². The van der Waals surface area contributed by atoms with E-state index >= 15 is 0 Å². The molecule has 1 rings (SSSR count). The first-order valence-electron chi connectivity index (χ1n) is 2.81. The van der Waals surface area contributed by atoms with Gasteiger partial charge in [0.25, 0.3) is 0 Å². The van der Waals surface area contributed by atoms with Crippen LogP contribution in [0.5, 0.6) is 0 Å². The van der Waals surface area contributed by atoms with Crippen molar-refractivity contribution in [3.8, 4) is 0 Å². The van der Waals surface area contributed by atoms with E-state index in [-0.39, 0.29) is 5.56 Å². The van der Waals surface area contributed by atoms with Gasteiger partial charge in [-0.3, -0.25) is 9.78 Å². The monoisotopic (exact) mass is 139 g/mol. The zero-order valence-electron chi connectivity index (χ0n) is 5.47. The van der Waals surface area contributed by atoms with Gasteiger partial charge in [-0.25, -0.2) is 4.39 Å². The van der Waals surface area contributed by atoms with E-state index in [1.165, 1.54) is 12.4 Å². The standard InChI is InChI=1S/C7H6FNO/c1-5-2-9-3-6(4-10)7(5)8/h2-4H,1H3. The Bertz CT molecular complexity index is 260. The summed E-state index contributed by atoms with van der Waals surface area (Å²) in [6, 6.07) is 0. The Hall–Kier alpha value is -1.25. The lowest BCUT2D eigenvalue weighted by Crippen LogP contribution is -1.92. The molecule has 52 valence electrons. The van der Waals surface area contributed by atoms with Crippen molar-refractivity contribution < 1.29 is 9.18 Å². The van der Waals surface area contributed by atoms with E-state index in [0.29, 0.717) is 11.8 Å². The maximum absolute atomic E-state index is 12.7. The van der Waals surface area contributed by atoms with E-state index in [2.05, 4.69) is 4.98 Å². The molecule has 0 fully saturated rings. The van der Waals surface area contributed by atoms with Gasteiger partial charge in [-0.15, -0.1) is 0 Å². The van der Waals surface area contributed by atoms with Gasteiger partial charge in [-0.2, -0.15) is 0 Å². The number of aromatic nitrogens is 1. The summed E-state index contributed by atoms with van der Waals surface area (Å²) >= 11 is 0. The van der Waals surface area contributed by atoms with Crippen LogP contribution in [0.25, 0.3) is 0 Å². The maximum Gasteiger partial charge on any atom is 0.154 e. The summed E-state index contributed by atoms with van der Waals surface area (Å²) in [5.41, 5.74) is 0.407. The predicted octanol–water partition coefficient (Wildman–Crippen LogP) is 1.34. The van der Waals surface area contributed by atoms with Gasteiger partial charge in [0.2, 0.25) is 0 Å². The number of aldehydes is 1. The van der Waals surface area contributed by atoms with Gasteiger partial charge in [0.1, 0.15) is 5.82 Å². The smallest absolute Gasteiger partial charge is 0.154 e. The van der Waals surface area contributed by atoms with Crippen molar-refractivity contribution in [1.29, 1.82) is 0 Å². The topological polar surface area (TPSA) is 30.0 Å². The van der Waals surface area contributed by atoms with Gasteiger partial charge in [0.05, 0.1) is 5.56 Å². The fourth-order valence-electron chi connectivity index (χ4n) is 0.653. The number of hydrogen-bond donors (Lipinski definition) is 0.